The lowest BCUT2D eigenvalue weighted by atomic mass is 10.1. The van der Waals surface area contributed by atoms with E-state index in [1.54, 1.807) is 0 Å². The Kier molecular flexibility index (Phi) is 5.54. The number of aliphatic hydroxyl groups is 1. The molecule has 0 amide bonds. The van der Waals surface area contributed by atoms with E-state index in [9.17, 15) is 0 Å². The first-order valence-corrected chi connectivity index (χ1v) is 4.34. The van der Waals surface area contributed by atoms with Gasteiger partial charge in [0.05, 0.1) is 5.82 Å². The highest BCUT2D eigenvalue weighted by molar-refractivity contribution is 4.83. The molecule has 3 N–H and O–H groups in total. The summed E-state index contributed by atoms with van der Waals surface area (Å²) in [5.74, 6) is 0.996. The van der Waals surface area contributed by atoms with Crippen molar-refractivity contribution in [1.29, 1.82) is 0 Å². The van der Waals surface area contributed by atoms with Crippen molar-refractivity contribution in [2.45, 2.75) is 19.8 Å². The molecule has 0 aliphatic rings. The number of hydrogen-bond acceptors (Lipinski definition) is 3. The third-order valence-corrected chi connectivity index (χ3v) is 1.99. The minimum atomic E-state index is 0.271. The van der Waals surface area contributed by atoms with E-state index < -0.39 is 0 Å². The Labute approximate surface area is 74.9 Å². The molecule has 0 rings (SSSR count). The van der Waals surface area contributed by atoms with E-state index in [1.165, 1.54) is 0 Å². The van der Waals surface area contributed by atoms with Crippen molar-refractivity contribution in [2.75, 3.05) is 20.2 Å². The van der Waals surface area contributed by atoms with Gasteiger partial charge in [-0.3, -0.25) is 0 Å². The average Bonchev–Trinajstić information content (AvgIpc) is 2.03. The molecule has 0 aromatic carbocycles. The van der Waals surface area contributed by atoms with E-state index in [2.05, 4.69) is 6.58 Å². The number of hydrogen-bond donors (Lipinski definition) is 2. The summed E-state index contributed by atoms with van der Waals surface area (Å²) in [7, 11) is 1.92. The smallest absolute Gasteiger partial charge is 0.0909 e. The lowest BCUT2D eigenvalue weighted by Crippen LogP contribution is -2.23. The minimum absolute atomic E-state index is 0.271. The standard InChI is InChI=1S/C9H20N2O/c1-8(7-12)5-4-6-11(3)9(2)10/h8,12H,2,4-7,10H2,1,3H3. The Morgan fingerprint density at radius 1 is 1.67 bits per heavy atom. The van der Waals surface area contributed by atoms with E-state index in [0.29, 0.717) is 11.7 Å². The number of rotatable bonds is 6. The van der Waals surface area contributed by atoms with Crippen molar-refractivity contribution in [3.8, 4) is 0 Å². The van der Waals surface area contributed by atoms with Gasteiger partial charge in [-0.15, -0.1) is 0 Å². The predicted octanol–water partition coefficient (Wildman–Crippen LogP) is 0.757. The molecule has 0 saturated heterocycles. The first-order chi connectivity index (χ1) is 5.57. The van der Waals surface area contributed by atoms with Crippen molar-refractivity contribution in [1.82, 2.24) is 4.90 Å². The molecular weight excluding hydrogens is 152 g/mol. The molecular formula is C9H20N2O. The summed E-state index contributed by atoms with van der Waals surface area (Å²) in [6, 6.07) is 0. The van der Waals surface area contributed by atoms with Crippen LogP contribution < -0.4 is 5.73 Å². The van der Waals surface area contributed by atoms with Crippen LogP contribution >= 0.6 is 0 Å². The maximum Gasteiger partial charge on any atom is 0.0909 e. The first-order valence-electron chi connectivity index (χ1n) is 4.34. The Morgan fingerprint density at radius 3 is 2.67 bits per heavy atom. The van der Waals surface area contributed by atoms with E-state index in [0.717, 1.165) is 19.4 Å². The van der Waals surface area contributed by atoms with E-state index in [4.69, 9.17) is 10.8 Å². The summed E-state index contributed by atoms with van der Waals surface area (Å²) in [5.41, 5.74) is 5.47. The van der Waals surface area contributed by atoms with Gasteiger partial charge in [0.2, 0.25) is 0 Å². The number of nitrogens with zero attached hydrogens (tertiary/aromatic N) is 1. The summed E-state index contributed by atoms with van der Waals surface area (Å²) in [6.45, 7) is 6.85. The second kappa shape index (κ2) is 5.89. The fourth-order valence-electron chi connectivity index (χ4n) is 0.912. The van der Waals surface area contributed by atoms with Crippen molar-refractivity contribution in [2.24, 2.45) is 11.7 Å². The normalized spacial score (nSPS) is 12.6. The van der Waals surface area contributed by atoms with Crippen molar-refractivity contribution >= 4 is 0 Å². The second-order valence-corrected chi connectivity index (χ2v) is 3.34. The molecule has 0 radical (unpaired) electrons. The van der Waals surface area contributed by atoms with Gasteiger partial charge in [-0.05, 0) is 18.8 Å². The van der Waals surface area contributed by atoms with Gasteiger partial charge >= 0.3 is 0 Å². The van der Waals surface area contributed by atoms with Crippen LogP contribution in [0.4, 0.5) is 0 Å². The van der Waals surface area contributed by atoms with E-state index >= 15 is 0 Å². The van der Waals surface area contributed by atoms with E-state index in [1.807, 2.05) is 18.9 Å². The number of aliphatic hydroxyl groups excluding tert-OH is 1. The topological polar surface area (TPSA) is 49.5 Å². The van der Waals surface area contributed by atoms with Gasteiger partial charge in [0.15, 0.2) is 0 Å². The molecule has 0 aliphatic carbocycles. The van der Waals surface area contributed by atoms with Crippen LogP contribution in [0.2, 0.25) is 0 Å². The lowest BCUT2D eigenvalue weighted by molar-refractivity contribution is 0.224. The van der Waals surface area contributed by atoms with Crippen molar-refractivity contribution in [3.05, 3.63) is 12.4 Å². The monoisotopic (exact) mass is 172 g/mol. The zero-order valence-electron chi connectivity index (χ0n) is 8.08. The zero-order valence-corrected chi connectivity index (χ0v) is 8.08. The third-order valence-electron chi connectivity index (χ3n) is 1.99. The van der Waals surface area contributed by atoms with Crippen LogP contribution in [0, 0.1) is 5.92 Å². The van der Waals surface area contributed by atoms with Crippen LogP contribution in [-0.4, -0.2) is 30.2 Å². The fourth-order valence-corrected chi connectivity index (χ4v) is 0.912. The third kappa shape index (κ3) is 5.02. The SMILES string of the molecule is C=C(N)N(C)CCCC(C)CO. The average molecular weight is 172 g/mol. The molecule has 0 aliphatic heterocycles. The summed E-state index contributed by atoms with van der Waals surface area (Å²) in [5, 5.41) is 8.75. The molecule has 1 unspecified atom stereocenters. The van der Waals surface area contributed by atoms with Gasteiger partial charge in [0.1, 0.15) is 0 Å². The van der Waals surface area contributed by atoms with Crippen LogP contribution in [-0.2, 0) is 0 Å². The molecule has 0 heterocycles. The molecule has 0 aromatic rings. The van der Waals surface area contributed by atoms with E-state index in [-0.39, 0.29) is 6.61 Å². The molecule has 12 heavy (non-hydrogen) atoms. The first kappa shape index (κ1) is 11.3. The van der Waals surface area contributed by atoms with Gasteiger partial charge in [0, 0.05) is 20.2 Å². The predicted molar refractivity (Wildman–Crippen MR) is 51.4 cm³/mol. The Bertz CT molecular complexity index is 136. The maximum absolute atomic E-state index is 8.75. The van der Waals surface area contributed by atoms with Gasteiger partial charge < -0.3 is 15.7 Å². The molecule has 72 valence electrons. The lowest BCUT2D eigenvalue weighted by Gasteiger charge is -2.18. The number of nitrogens with two attached hydrogens (primary N) is 1. The van der Waals surface area contributed by atoms with Gasteiger partial charge in [-0.2, -0.15) is 0 Å². The Hall–Kier alpha value is -0.700. The maximum atomic E-state index is 8.75. The molecule has 0 aromatic heterocycles. The fraction of sp³-hybridized carbons (Fsp3) is 0.778. The van der Waals surface area contributed by atoms with Crippen LogP contribution in [0.3, 0.4) is 0 Å². The summed E-state index contributed by atoms with van der Waals surface area (Å²) >= 11 is 0. The molecule has 0 spiro atoms. The van der Waals surface area contributed by atoms with Gasteiger partial charge in [-0.1, -0.05) is 13.5 Å². The highest BCUT2D eigenvalue weighted by atomic mass is 16.3. The van der Waals surface area contributed by atoms with Crippen LogP contribution in [0.25, 0.3) is 0 Å². The van der Waals surface area contributed by atoms with Crippen LogP contribution in [0.1, 0.15) is 19.8 Å². The Morgan fingerprint density at radius 2 is 2.25 bits per heavy atom. The molecule has 0 fully saturated rings. The minimum Gasteiger partial charge on any atom is -0.396 e. The van der Waals surface area contributed by atoms with Crippen LogP contribution in [0.5, 0.6) is 0 Å². The highest BCUT2D eigenvalue weighted by Gasteiger charge is 2.01. The molecule has 1 atom stereocenters. The second-order valence-electron chi connectivity index (χ2n) is 3.34. The van der Waals surface area contributed by atoms with Crippen LogP contribution in [0.15, 0.2) is 12.4 Å². The quantitative estimate of drug-likeness (QED) is 0.622. The van der Waals surface area contributed by atoms with Crippen molar-refractivity contribution < 1.29 is 5.11 Å². The highest BCUT2D eigenvalue weighted by Crippen LogP contribution is 2.05. The molecule has 0 saturated carbocycles. The zero-order chi connectivity index (χ0) is 9.56. The Balaban J connectivity index is 3.37. The van der Waals surface area contributed by atoms with Gasteiger partial charge in [-0.25, -0.2) is 0 Å². The summed E-state index contributed by atoms with van der Waals surface area (Å²) in [6.07, 6.45) is 2.09. The largest absolute Gasteiger partial charge is 0.396 e. The molecule has 3 nitrogen and oxygen atoms in total. The summed E-state index contributed by atoms with van der Waals surface area (Å²) in [4.78, 5) is 1.92. The van der Waals surface area contributed by atoms with Crippen molar-refractivity contribution in [3.63, 3.8) is 0 Å². The molecule has 0 bridgehead atoms. The van der Waals surface area contributed by atoms with Gasteiger partial charge in [0.25, 0.3) is 0 Å². The summed E-state index contributed by atoms with van der Waals surface area (Å²) < 4.78 is 0. The molecule has 3 heteroatoms.